The normalized spacial score (nSPS) is 10.3. The van der Waals surface area contributed by atoms with Crippen LogP contribution in [0.2, 0.25) is 0 Å². The molecule has 2 rings (SSSR count). The van der Waals surface area contributed by atoms with Gasteiger partial charge in [-0.1, -0.05) is 183 Å². The van der Waals surface area contributed by atoms with E-state index in [4.69, 9.17) is 9.53 Å². The van der Waals surface area contributed by atoms with Crippen LogP contribution in [0.5, 0.6) is 5.75 Å². The Balaban J connectivity index is -0.0000000946. The van der Waals surface area contributed by atoms with Crippen molar-refractivity contribution >= 4 is 6.29 Å². The van der Waals surface area contributed by atoms with E-state index in [1.165, 1.54) is 109 Å². The SMILES string of the molecule is CC1CCC1.CC=O.CCC.CCC.CCCCCC.CCCCCCC.CCCCOc1ccc(C)cc1.COC. The van der Waals surface area contributed by atoms with Gasteiger partial charge in [-0.2, -0.15) is 0 Å². The highest BCUT2D eigenvalue weighted by molar-refractivity contribution is 5.44. The summed E-state index contributed by atoms with van der Waals surface area (Å²) in [5.41, 5.74) is 1.28. The van der Waals surface area contributed by atoms with Crippen molar-refractivity contribution in [2.75, 3.05) is 20.8 Å². The van der Waals surface area contributed by atoms with Crippen LogP contribution >= 0.6 is 0 Å². The highest BCUT2D eigenvalue weighted by Crippen LogP contribution is 2.24. The van der Waals surface area contributed by atoms with Crippen LogP contribution in [-0.2, 0) is 9.53 Å². The number of aryl methyl sites for hydroxylation is 1. The summed E-state index contributed by atoms with van der Waals surface area (Å²) in [5.74, 6) is 2.05. The molecule has 0 atom stereocenters. The molecule has 1 aromatic rings. The molecular formula is C39H82O3. The molecule has 3 heteroatoms. The maximum Gasteiger partial charge on any atom is 0.119 e. The van der Waals surface area contributed by atoms with Gasteiger partial charge in [0, 0.05) is 14.2 Å². The van der Waals surface area contributed by atoms with E-state index in [1.54, 1.807) is 14.2 Å². The second-order valence-electron chi connectivity index (χ2n) is 10.9. The van der Waals surface area contributed by atoms with E-state index in [1.807, 2.05) is 12.1 Å². The van der Waals surface area contributed by atoms with Gasteiger partial charge in [0.1, 0.15) is 12.0 Å². The number of unbranched alkanes of at least 4 members (excludes halogenated alkanes) is 8. The molecule has 1 aliphatic carbocycles. The van der Waals surface area contributed by atoms with E-state index in [9.17, 15) is 0 Å². The molecule has 0 spiro atoms. The van der Waals surface area contributed by atoms with Gasteiger partial charge in [-0.3, -0.25) is 0 Å². The Morgan fingerprint density at radius 2 is 0.952 bits per heavy atom. The standard InChI is InChI=1S/C11H16O.C7H16.C6H14.C5H10.2C3H8.C2H6O.C2H4O/c1-3-4-9-12-11-7-5-10(2)6-8-11;1-3-5-7-6-4-2;1-3-5-6-4-2;1-5-3-2-4-5;3*1-3-2;1-2-3/h5-8H,3-4,9H2,1-2H3;3-7H2,1-2H3;3-6H2,1-2H3;5H,2-4H2,1H3;2*3H2,1-2H3;1-2H3;2H,1H3. The van der Waals surface area contributed by atoms with E-state index in [0.29, 0.717) is 0 Å². The quantitative estimate of drug-likeness (QED) is 0.188. The van der Waals surface area contributed by atoms with Crippen molar-refractivity contribution in [1.82, 2.24) is 0 Å². The maximum absolute atomic E-state index is 8.81. The van der Waals surface area contributed by atoms with Gasteiger partial charge >= 0.3 is 0 Å². The fraction of sp³-hybridized carbons (Fsp3) is 0.821. The Labute approximate surface area is 268 Å². The van der Waals surface area contributed by atoms with Crippen LogP contribution in [-0.4, -0.2) is 27.1 Å². The first-order valence-electron chi connectivity index (χ1n) is 17.7. The second kappa shape index (κ2) is 59.1. The molecule has 0 heterocycles. The van der Waals surface area contributed by atoms with Crippen molar-refractivity contribution in [2.45, 2.75) is 186 Å². The number of methoxy groups -OCH3 is 1. The molecule has 1 fully saturated rings. The van der Waals surface area contributed by atoms with E-state index in [0.717, 1.165) is 31.0 Å². The van der Waals surface area contributed by atoms with Crippen LogP contribution in [0.25, 0.3) is 0 Å². The fourth-order valence-corrected chi connectivity index (χ4v) is 2.76. The number of hydrogen-bond acceptors (Lipinski definition) is 3. The summed E-state index contributed by atoms with van der Waals surface area (Å²) in [4.78, 5) is 8.81. The lowest BCUT2D eigenvalue weighted by Gasteiger charge is -2.18. The van der Waals surface area contributed by atoms with Gasteiger partial charge in [0.05, 0.1) is 6.61 Å². The first-order valence-corrected chi connectivity index (χ1v) is 17.7. The third kappa shape index (κ3) is 77.1. The number of hydrogen-bond donors (Lipinski definition) is 0. The van der Waals surface area contributed by atoms with Crippen LogP contribution in [0, 0.1) is 12.8 Å². The average molecular weight is 599 g/mol. The van der Waals surface area contributed by atoms with Crippen molar-refractivity contribution in [3.05, 3.63) is 29.8 Å². The highest BCUT2D eigenvalue weighted by atomic mass is 16.5. The zero-order valence-corrected chi connectivity index (χ0v) is 31.7. The third-order valence-corrected chi connectivity index (χ3v) is 5.35. The van der Waals surface area contributed by atoms with Crippen molar-refractivity contribution < 1.29 is 14.3 Å². The average Bonchev–Trinajstić information content (AvgIpc) is 2.95. The predicted octanol–water partition coefficient (Wildman–Crippen LogP) is 13.8. The van der Waals surface area contributed by atoms with Crippen molar-refractivity contribution in [2.24, 2.45) is 5.92 Å². The molecule has 1 saturated carbocycles. The number of carbonyl (C=O) groups is 1. The molecular weight excluding hydrogens is 516 g/mol. The van der Waals surface area contributed by atoms with Crippen molar-refractivity contribution in [3.8, 4) is 5.75 Å². The van der Waals surface area contributed by atoms with Gasteiger partial charge in [0.15, 0.2) is 0 Å². The van der Waals surface area contributed by atoms with Crippen molar-refractivity contribution in [1.29, 1.82) is 0 Å². The molecule has 0 aromatic heterocycles. The van der Waals surface area contributed by atoms with Crippen LogP contribution in [0.3, 0.4) is 0 Å². The van der Waals surface area contributed by atoms with Gasteiger partial charge in [0.2, 0.25) is 0 Å². The minimum absolute atomic E-state index is 0.750. The molecule has 0 unspecified atom stereocenters. The summed E-state index contributed by atoms with van der Waals surface area (Å²) in [5, 5.41) is 0. The number of aldehydes is 1. The lowest BCUT2D eigenvalue weighted by molar-refractivity contribution is -0.106. The van der Waals surface area contributed by atoms with Crippen LogP contribution in [0.4, 0.5) is 0 Å². The number of benzene rings is 1. The second-order valence-corrected chi connectivity index (χ2v) is 10.9. The molecule has 0 saturated heterocycles. The number of carbonyl (C=O) groups excluding carboxylic acids is 1. The van der Waals surface area contributed by atoms with Gasteiger partial charge in [-0.15, -0.1) is 0 Å². The largest absolute Gasteiger partial charge is 0.494 e. The van der Waals surface area contributed by atoms with Gasteiger partial charge in [-0.25, -0.2) is 0 Å². The first kappa shape index (κ1) is 53.2. The smallest absolute Gasteiger partial charge is 0.119 e. The Morgan fingerprint density at radius 3 is 1.19 bits per heavy atom. The Bertz CT molecular complexity index is 482. The van der Waals surface area contributed by atoms with Crippen LogP contribution in [0.15, 0.2) is 24.3 Å². The maximum atomic E-state index is 8.81. The minimum Gasteiger partial charge on any atom is -0.494 e. The zero-order valence-electron chi connectivity index (χ0n) is 31.7. The predicted molar refractivity (Wildman–Crippen MR) is 195 cm³/mol. The topological polar surface area (TPSA) is 35.5 Å². The van der Waals surface area contributed by atoms with Gasteiger partial charge in [0.25, 0.3) is 0 Å². The zero-order chi connectivity index (χ0) is 33.7. The first-order chi connectivity index (χ1) is 20.2. The van der Waals surface area contributed by atoms with E-state index in [2.05, 4.69) is 93.0 Å². The van der Waals surface area contributed by atoms with Crippen molar-refractivity contribution in [3.63, 3.8) is 0 Å². The summed E-state index contributed by atoms with van der Waals surface area (Å²) in [6, 6.07) is 8.18. The molecule has 0 N–H and O–H groups in total. The molecule has 256 valence electrons. The molecule has 42 heavy (non-hydrogen) atoms. The van der Waals surface area contributed by atoms with Gasteiger partial charge < -0.3 is 14.3 Å². The molecule has 3 nitrogen and oxygen atoms in total. The Kier molecular flexibility index (Phi) is 74.9. The minimum atomic E-state index is 0.750. The van der Waals surface area contributed by atoms with Crippen LogP contribution in [0.1, 0.15) is 184 Å². The highest BCUT2D eigenvalue weighted by Gasteiger charge is 2.09. The summed E-state index contributed by atoms with van der Waals surface area (Å²) < 4.78 is 9.75. The summed E-state index contributed by atoms with van der Waals surface area (Å²) in [7, 11) is 3.25. The lowest BCUT2D eigenvalue weighted by atomic mass is 9.88. The molecule has 0 bridgehead atoms. The Morgan fingerprint density at radius 1 is 0.667 bits per heavy atom. The van der Waals surface area contributed by atoms with Gasteiger partial charge in [-0.05, 0) is 38.3 Å². The third-order valence-electron chi connectivity index (χ3n) is 5.35. The summed E-state index contributed by atoms with van der Waals surface area (Å²) in [6.07, 6.45) is 22.6. The fourth-order valence-electron chi connectivity index (χ4n) is 2.76. The van der Waals surface area contributed by atoms with Crippen LogP contribution < -0.4 is 4.74 Å². The molecule has 0 aliphatic heterocycles. The Hall–Kier alpha value is -1.35. The molecule has 0 radical (unpaired) electrons. The number of ether oxygens (including phenoxy) is 2. The monoisotopic (exact) mass is 599 g/mol. The van der Waals surface area contributed by atoms with E-state index in [-0.39, 0.29) is 0 Å². The van der Waals surface area contributed by atoms with E-state index < -0.39 is 0 Å². The van der Waals surface area contributed by atoms with E-state index >= 15 is 0 Å². The summed E-state index contributed by atoms with van der Waals surface area (Å²) in [6.45, 7) is 26.3. The molecule has 1 aliphatic rings. The number of rotatable bonds is 11. The molecule has 0 amide bonds. The molecule has 1 aromatic carbocycles. The lowest BCUT2D eigenvalue weighted by Crippen LogP contribution is -2.04. The summed E-state index contributed by atoms with van der Waals surface area (Å²) >= 11 is 0.